The Morgan fingerprint density at radius 2 is 2.00 bits per heavy atom. The summed E-state index contributed by atoms with van der Waals surface area (Å²) in [6.45, 7) is 5.79. The van der Waals surface area contributed by atoms with Crippen molar-refractivity contribution in [3.63, 3.8) is 0 Å². The molecule has 0 bridgehead atoms. The van der Waals surface area contributed by atoms with Gasteiger partial charge in [-0.25, -0.2) is 4.98 Å². The number of benzene rings is 1. The Hall–Kier alpha value is -1.88. The number of carbonyl (C=O) groups is 1. The predicted molar refractivity (Wildman–Crippen MR) is 86.7 cm³/mol. The molecule has 0 fully saturated rings. The Morgan fingerprint density at radius 3 is 2.71 bits per heavy atom. The number of carbonyl (C=O) groups excluding carboxylic acids is 1. The molecule has 1 aromatic carbocycles. The lowest BCUT2D eigenvalue weighted by Gasteiger charge is -2.11. The lowest BCUT2D eigenvalue weighted by molar-refractivity contribution is -0.118. The molecule has 2 aromatic rings. The molecule has 0 saturated carbocycles. The van der Waals surface area contributed by atoms with Crippen molar-refractivity contribution in [3.8, 4) is 5.75 Å². The Labute approximate surface area is 132 Å². The van der Waals surface area contributed by atoms with Crippen LogP contribution in [-0.2, 0) is 4.79 Å². The van der Waals surface area contributed by atoms with Crippen molar-refractivity contribution in [1.29, 1.82) is 0 Å². The largest absolute Gasteiger partial charge is 0.483 e. The molecule has 2 rings (SSSR count). The van der Waals surface area contributed by atoms with Gasteiger partial charge >= 0.3 is 0 Å². The standard InChI is InChI=1S/C16H17BrN2O2/c1-10-4-5-11(2)14(6-10)21-9-15(20)19-16-12(3)7-13(17)8-18-16/h4-8H,9H2,1-3H3,(H,18,19,20). The van der Waals surface area contributed by atoms with Crippen LogP contribution in [0.25, 0.3) is 0 Å². The topological polar surface area (TPSA) is 51.2 Å². The highest BCUT2D eigenvalue weighted by Crippen LogP contribution is 2.19. The molecule has 0 aliphatic carbocycles. The fourth-order valence-electron chi connectivity index (χ4n) is 1.85. The van der Waals surface area contributed by atoms with E-state index >= 15 is 0 Å². The molecule has 0 saturated heterocycles. The highest BCUT2D eigenvalue weighted by Gasteiger charge is 2.08. The van der Waals surface area contributed by atoms with E-state index < -0.39 is 0 Å². The van der Waals surface area contributed by atoms with E-state index in [4.69, 9.17) is 4.74 Å². The zero-order valence-electron chi connectivity index (χ0n) is 12.2. The minimum atomic E-state index is -0.228. The maximum atomic E-state index is 11.9. The molecule has 0 aliphatic heterocycles. The first kappa shape index (κ1) is 15.5. The van der Waals surface area contributed by atoms with Gasteiger partial charge in [-0.3, -0.25) is 4.79 Å². The second-order valence-corrected chi connectivity index (χ2v) is 5.84. The van der Waals surface area contributed by atoms with Crippen molar-refractivity contribution in [3.05, 3.63) is 51.6 Å². The number of rotatable bonds is 4. The summed E-state index contributed by atoms with van der Waals surface area (Å²) >= 11 is 3.34. The number of nitrogens with one attached hydrogen (secondary N) is 1. The first-order valence-corrected chi connectivity index (χ1v) is 7.37. The normalized spacial score (nSPS) is 10.3. The molecule has 1 aromatic heterocycles. The van der Waals surface area contributed by atoms with Crippen LogP contribution in [0.15, 0.2) is 34.9 Å². The summed E-state index contributed by atoms with van der Waals surface area (Å²) in [7, 11) is 0. The SMILES string of the molecule is Cc1ccc(C)c(OCC(=O)Nc2ncc(Br)cc2C)c1. The quantitative estimate of drug-likeness (QED) is 0.914. The molecule has 0 atom stereocenters. The Morgan fingerprint density at radius 1 is 1.24 bits per heavy atom. The van der Waals surface area contributed by atoms with Crippen LogP contribution in [0, 0.1) is 20.8 Å². The third-order valence-electron chi connectivity index (χ3n) is 3.01. The number of anilines is 1. The number of nitrogens with zero attached hydrogens (tertiary/aromatic N) is 1. The maximum absolute atomic E-state index is 11.9. The summed E-state index contributed by atoms with van der Waals surface area (Å²) in [5.41, 5.74) is 3.00. The molecular formula is C16H17BrN2O2. The Kier molecular flexibility index (Phi) is 4.96. The van der Waals surface area contributed by atoms with Gasteiger partial charge in [0, 0.05) is 10.7 Å². The zero-order valence-corrected chi connectivity index (χ0v) is 13.8. The zero-order chi connectivity index (χ0) is 15.4. The fourth-order valence-corrected chi connectivity index (χ4v) is 2.29. The van der Waals surface area contributed by atoms with Crippen LogP contribution in [0.5, 0.6) is 5.75 Å². The molecule has 0 aliphatic rings. The van der Waals surface area contributed by atoms with Gasteiger partial charge in [-0.2, -0.15) is 0 Å². The molecule has 5 heteroatoms. The maximum Gasteiger partial charge on any atom is 0.263 e. The van der Waals surface area contributed by atoms with E-state index in [2.05, 4.69) is 26.2 Å². The molecule has 0 radical (unpaired) electrons. The van der Waals surface area contributed by atoms with Crippen molar-refractivity contribution in [2.45, 2.75) is 20.8 Å². The first-order valence-electron chi connectivity index (χ1n) is 6.58. The molecule has 0 spiro atoms. The third-order valence-corrected chi connectivity index (χ3v) is 3.44. The van der Waals surface area contributed by atoms with Crippen LogP contribution in [0.2, 0.25) is 0 Å². The highest BCUT2D eigenvalue weighted by molar-refractivity contribution is 9.10. The summed E-state index contributed by atoms with van der Waals surface area (Å²) in [5.74, 6) is 1.05. The minimum absolute atomic E-state index is 0.0402. The minimum Gasteiger partial charge on any atom is -0.483 e. The van der Waals surface area contributed by atoms with Crippen LogP contribution in [0.3, 0.4) is 0 Å². The van der Waals surface area contributed by atoms with Gasteiger partial charge in [0.05, 0.1) is 0 Å². The smallest absolute Gasteiger partial charge is 0.263 e. The second kappa shape index (κ2) is 6.72. The average molecular weight is 349 g/mol. The number of aryl methyl sites for hydroxylation is 3. The van der Waals surface area contributed by atoms with Gasteiger partial charge in [0.25, 0.3) is 5.91 Å². The molecule has 110 valence electrons. The number of hydrogen-bond acceptors (Lipinski definition) is 3. The molecule has 1 amide bonds. The molecule has 4 nitrogen and oxygen atoms in total. The first-order chi connectivity index (χ1) is 9.95. The monoisotopic (exact) mass is 348 g/mol. The molecule has 21 heavy (non-hydrogen) atoms. The average Bonchev–Trinajstić information content (AvgIpc) is 2.43. The summed E-state index contributed by atoms with van der Waals surface area (Å²) in [4.78, 5) is 16.1. The molecular weight excluding hydrogens is 332 g/mol. The Bertz CT molecular complexity index is 671. The van der Waals surface area contributed by atoms with E-state index in [0.29, 0.717) is 5.82 Å². The van der Waals surface area contributed by atoms with Gasteiger partial charge in [0.1, 0.15) is 11.6 Å². The summed E-state index contributed by atoms with van der Waals surface area (Å²) in [5, 5.41) is 2.75. The van der Waals surface area contributed by atoms with Crippen molar-refractivity contribution in [2.75, 3.05) is 11.9 Å². The van der Waals surface area contributed by atoms with Crippen LogP contribution in [0.1, 0.15) is 16.7 Å². The number of ether oxygens (including phenoxy) is 1. The van der Waals surface area contributed by atoms with Crippen molar-refractivity contribution in [2.24, 2.45) is 0 Å². The predicted octanol–water partition coefficient (Wildman–Crippen LogP) is 3.79. The van der Waals surface area contributed by atoms with E-state index in [1.54, 1.807) is 6.20 Å². The van der Waals surface area contributed by atoms with Crippen molar-refractivity contribution < 1.29 is 9.53 Å². The highest BCUT2D eigenvalue weighted by atomic mass is 79.9. The van der Waals surface area contributed by atoms with E-state index in [1.807, 2.05) is 45.0 Å². The van der Waals surface area contributed by atoms with Gasteiger partial charge in [-0.1, -0.05) is 12.1 Å². The van der Waals surface area contributed by atoms with Gasteiger partial charge in [-0.05, 0) is 65.5 Å². The summed E-state index contributed by atoms with van der Waals surface area (Å²) in [6, 6.07) is 7.81. The van der Waals surface area contributed by atoms with Gasteiger partial charge < -0.3 is 10.1 Å². The van der Waals surface area contributed by atoms with E-state index in [-0.39, 0.29) is 12.5 Å². The van der Waals surface area contributed by atoms with Gasteiger partial charge in [0.2, 0.25) is 0 Å². The number of aromatic nitrogens is 1. The van der Waals surface area contributed by atoms with E-state index in [0.717, 1.165) is 26.9 Å². The van der Waals surface area contributed by atoms with Crippen LogP contribution in [-0.4, -0.2) is 17.5 Å². The van der Waals surface area contributed by atoms with Crippen LogP contribution < -0.4 is 10.1 Å². The second-order valence-electron chi connectivity index (χ2n) is 4.92. The van der Waals surface area contributed by atoms with Gasteiger partial charge in [-0.15, -0.1) is 0 Å². The third kappa shape index (κ3) is 4.29. The van der Waals surface area contributed by atoms with Crippen LogP contribution >= 0.6 is 15.9 Å². The fraction of sp³-hybridized carbons (Fsp3) is 0.250. The summed E-state index contributed by atoms with van der Waals surface area (Å²) in [6.07, 6.45) is 1.65. The molecule has 1 N–H and O–H groups in total. The lowest BCUT2D eigenvalue weighted by atomic mass is 10.1. The molecule has 0 unspecified atom stereocenters. The van der Waals surface area contributed by atoms with Crippen molar-refractivity contribution in [1.82, 2.24) is 4.98 Å². The lowest BCUT2D eigenvalue weighted by Crippen LogP contribution is -2.21. The van der Waals surface area contributed by atoms with Crippen molar-refractivity contribution >= 4 is 27.7 Å². The number of halogens is 1. The molecule has 1 heterocycles. The van der Waals surface area contributed by atoms with Crippen LogP contribution in [0.4, 0.5) is 5.82 Å². The van der Waals surface area contributed by atoms with E-state index in [9.17, 15) is 4.79 Å². The summed E-state index contributed by atoms with van der Waals surface area (Å²) < 4.78 is 6.45. The number of hydrogen-bond donors (Lipinski definition) is 1. The van der Waals surface area contributed by atoms with Gasteiger partial charge in [0.15, 0.2) is 6.61 Å². The van der Waals surface area contributed by atoms with E-state index in [1.165, 1.54) is 0 Å². The number of pyridine rings is 1. The Balaban J connectivity index is 1.97. The number of amides is 1.